The van der Waals surface area contributed by atoms with E-state index in [0.29, 0.717) is 11.4 Å². The number of carbonyl (C=O) groups is 1. The molecule has 3 aromatic carbocycles. The van der Waals surface area contributed by atoms with Crippen LogP contribution in [0.5, 0.6) is 5.75 Å². The number of nitrogens with zero attached hydrogens (tertiary/aromatic N) is 1. The number of carbonyl (C=O) groups excluding carboxylic acids is 1. The summed E-state index contributed by atoms with van der Waals surface area (Å²) in [7, 11) is -3.69. The van der Waals surface area contributed by atoms with E-state index in [4.69, 9.17) is 4.74 Å². The summed E-state index contributed by atoms with van der Waals surface area (Å²) in [6, 6.07) is 23.8. The van der Waals surface area contributed by atoms with Crippen molar-refractivity contribution in [3.63, 3.8) is 0 Å². The zero-order valence-electron chi connectivity index (χ0n) is 19.4. The molecule has 0 spiro atoms. The molecule has 0 radical (unpaired) electrons. The standard InChI is InChI=1S/C26H30N2O4S/c1-19(2)32-24-15-13-23(14-16-24)28(33(4,30)31)18-25(29)27-26(21-10-6-5-7-11-21)22-12-8-9-20(3)17-22/h5-17,19,26H,18H2,1-4H3,(H,27,29). The lowest BCUT2D eigenvalue weighted by atomic mass is 9.97. The molecular formula is C26H30N2O4S. The molecule has 7 heteroatoms. The molecule has 0 fully saturated rings. The number of aryl methyl sites for hydroxylation is 1. The van der Waals surface area contributed by atoms with E-state index in [1.54, 1.807) is 24.3 Å². The van der Waals surface area contributed by atoms with Crippen molar-refractivity contribution in [1.29, 1.82) is 0 Å². The van der Waals surface area contributed by atoms with Crippen molar-refractivity contribution in [3.05, 3.63) is 95.6 Å². The van der Waals surface area contributed by atoms with Crippen LogP contribution in [0, 0.1) is 6.92 Å². The maximum atomic E-state index is 13.1. The second kappa shape index (κ2) is 10.5. The van der Waals surface area contributed by atoms with E-state index < -0.39 is 22.0 Å². The lowest BCUT2D eigenvalue weighted by Gasteiger charge is -2.25. The predicted octanol–water partition coefficient (Wildman–Crippen LogP) is 4.45. The van der Waals surface area contributed by atoms with Gasteiger partial charge in [-0.15, -0.1) is 0 Å². The number of sulfonamides is 1. The third kappa shape index (κ3) is 6.83. The molecule has 1 amide bonds. The highest BCUT2D eigenvalue weighted by molar-refractivity contribution is 7.92. The van der Waals surface area contributed by atoms with Crippen LogP contribution in [0.3, 0.4) is 0 Å². The minimum Gasteiger partial charge on any atom is -0.491 e. The van der Waals surface area contributed by atoms with Gasteiger partial charge < -0.3 is 10.1 Å². The lowest BCUT2D eigenvalue weighted by Crippen LogP contribution is -2.41. The third-order valence-corrected chi connectivity index (χ3v) is 6.14. The summed E-state index contributed by atoms with van der Waals surface area (Å²) in [5.41, 5.74) is 3.31. The molecule has 0 heterocycles. The Balaban J connectivity index is 1.85. The Kier molecular flexibility index (Phi) is 7.76. The van der Waals surface area contributed by atoms with Crippen LogP contribution in [0.25, 0.3) is 0 Å². The van der Waals surface area contributed by atoms with Gasteiger partial charge in [-0.3, -0.25) is 9.10 Å². The molecule has 3 rings (SSSR count). The predicted molar refractivity (Wildman–Crippen MR) is 132 cm³/mol. The van der Waals surface area contributed by atoms with Crippen LogP contribution in [0.15, 0.2) is 78.9 Å². The fourth-order valence-corrected chi connectivity index (χ4v) is 4.41. The van der Waals surface area contributed by atoms with E-state index in [0.717, 1.165) is 27.3 Å². The molecule has 1 unspecified atom stereocenters. The molecule has 174 valence electrons. The quantitative estimate of drug-likeness (QED) is 0.505. The highest BCUT2D eigenvalue weighted by Gasteiger charge is 2.24. The second-order valence-corrected chi connectivity index (χ2v) is 10.2. The number of amides is 1. The summed E-state index contributed by atoms with van der Waals surface area (Å²) >= 11 is 0. The lowest BCUT2D eigenvalue weighted by molar-refractivity contribution is -0.120. The van der Waals surface area contributed by atoms with Crippen molar-refractivity contribution in [2.45, 2.75) is 32.9 Å². The Bertz CT molecular complexity index is 1180. The smallest absolute Gasteiger partial charge is 0.241 e. The van der Waals surface area contributed by atoms with Crippen molar-refractivity contribution in [1.82, 2.24) is 5.32 Å². The fourth-order valence-electron chi connectivity index (χ4n) is 3.55. The van der Waals surface area contributed by atoms with E-state index in [-0.39, 0.29) is 12.6 Å². The van der Waals surface area contributed by atoms with Crippen molar-refractivity contribution in [2.24, 2.45) is 0 Å². The monoisotopic (exact) mass is 466 g/mol. The van der Waals surface area contributed by atoms with Gasteiger partial charge in [-0.1, -0.05) is 60.2 Å². The van der Waals surface area contributed by atoms with E-state index in [2.05, 4.69) is 5.32 Å². The third-order valence-electron chi connectivity index (χ3n) is 5.00. The van der Waals surface area contributed by atoms with Gasteiger partial charge in [0.05, 0.1) is 24.1 Å². The van der Waals surface area contributed by atoms with Crippen molar-refractivity contribution in [3.8, 4) is 5.75 Å². The molecule has 1 atom stereocenters. The van der Waals surface area contributed by atoms with Gasteiger partial charge in [-0.2, -0.15) is 0 Å². The van der Waals surface area contributed by atoms with Crippen LogP contribution in [-0.4, -0.2) is 33.2 Å². The van der Waals surface area contributed by atoms with Gasteiger partial charge in [0, 0.05) is 0 Å². The average Bonchev–Trinajstić information content (AvgIpc) is 2.76. The first-order chi connectivity index (χ1) is 15.6. The zero-order chi connectivity index (χ0) is 24.0. The minimum absolute atomic E-state index is 0.00387. The number of nitrogens with one attached hydrogen (secondary N) is 1. The molecule has 3 aromatic rings. The molecule has 0 aliphatic carbocycles. The van der Waals surface area contributed by atoms with Gasteiger partial charge in [-0.25, -0.2) is 8.42 Å². The maximum Gasteiger partial charge on any atom is 0.241 e. The average molecular weight is 467 g/mol. The first kappa shape index (κ1) is 24.3. The Morgan fingerprint density at radius 2 is 1.58 bits per heavy atom. The molecule has 0 aliphatic heterocycles. The summed E-state index contributed by atoms with van der Waals surface area (Å²) in [6.07, 6.45) is 1.10. The maximum absolute atomic E-state index is 13.1. The molecule has 0 saturated carbocycles. The largest absolute Gasteiger partial charge is 0.491 e. The minimum atomic E-state index is -3.69. The molecule has 0 bridgehead atoms. The van der Waals surface area contributed by atoms with E-state index in [1.165, 1.54) is 0 Å². The molecule has 0 saturated heterocycles. The van der Waals surface area contributed by atoms with Crippen LogP contribution < -0.4 is 14.4 Å². The number of rotatable bonds is 9. The number of hydrogen-bond donors (Lipinski definition) is 1. The molecule has 33 heavy (non-hydrogen) atoms. The summed E-state index contributed by atoms with van der Waals surface area (Å²) in [4.78, 5) is 13.1. The number of anilines is 1. The zero-order valence-corrected chi connectivity index (χ0v) is 20.2. The Hall–Kier alpha value is -3.32. The van der Waals surface area contributed by atoms with Crippen LogP contribution >= 0.6 is 0 Å². The normalized spacial score (nSPS) is 12.3. The van der Waals surface area contributed by atoms with Gasteiger partial charge in [0.25, 0.3) is 0 Å². The molecular weight excluding hydrogens is 436 g/mol. The van der Waals surface area contributed by atoms with E-state index >= 15 is 0 Å². The van der Waals surface area contributed by atoms with Gasteiger partial charge in [0.15, 0.2) is 0 Å². The SMILES string of the molecule is Cc1cccc(C(NC(=O)CN(c2ccc(OC(C)C)cc2)S(C)(=O)=O)c2ccccc2)c1. The van der Waals surface area contributed by atoms with Gasteiger partial charge in [-0.05, 0) is 56.2 Å². The number of benzene rings is 3. The first-order valence-electron chi connectivity index (χ1n) is 10.8. The topological polar surface area (TPSA) is 75.7 Å². The van der Waals surface area contributed by atoms with Gasteiger partial charge >= 0.3 is 0 Å². The van der Waals surface area contributed by atoms with E-state index in [9.17, 15) is 13.2 Å². The highest BCUT2D eigenvalue weighted by atomic mass is 32.2. The number of ether oxygens (including phenoxy) is 1. The van der Waals surface area contributed by atoms with Crippen LogP contribution in [-0.2, 0) is 14.8 Å². The molecule has 1 N–H and O–H groups in total. The Morgan fingerprint density at radius 3 is 2.15 bits per heavy atom. The summed E-state index contributed by atoms with van der Waals surface area (Å²) in [5.74, 6) is 0.230. The van der Waals surface area contributed by atoms with E-state index in [1.807, 2.05) is 75.4 Å². The summed E-state index contributed by atoms with van der Waals surface area (Å²) in [6.45, 7) is 5.49. The number of hydrogen-bond acceptors (Lipinski definition) is 4. The van der Waals surface area contributed by atoms with Gasteiger partial charge in [0.1, 0.15) is 12.3 Å². The van der Waals surface area contributed by atoms with Crippen molar-refractivity contribution < 1.29 is 17.9 Å². The van der Waals surface area contributed by atoms with Crippen LogP contribution in [0.4, 0.5) is 5.69 Å². The van der Waals surface area contributed by atoms with Crippen LogP contribution in [0.2, 0.25) is 0 Å². The summed E-state index contributed by atoms with van der Waals surface area (Å²) in [5, 5.41) is 3.02. The van der Waals surface area contributed by atoms with Crippen LogP contribution in [0.1, 0.15) is 36.6 Å². The highest BCUT2D eigenvalue weighted by Crippen LogP contribution is 2.25. The molecule has 0 aliphatic rings. The first-order valence-corrected chi connectivity index (χ1v) is 12.6. The Labute approximate surface area is 196 Å². The molecule has 0 aromatic heterocycles. The fraction of sp³-hybridized carbons (Fsp3) is 0.269. The second-order valence-electron chi connectivity index (χ2n) is 8.26. The van der Waals surface area contributed by atoms with Crippen molar-refractivity contribution >= 4 is 21.6 Å². The van der Waals surface area contributed by atoms with Gasteiger partial charge in [0.2, 0.25) is 15.9 Å². The molecule has 6 nitrogen and oxygen atoms in total. The van der Waals surface area contributed by atoms with Crippen molar-refractivity contribution in [2.75, 3.05) is 17.1 Å². The Morgan fingerprint density at radius 1 is 0.939 bits per heavy atom. The summed E-state index contributed by atoms with van der Waals surface area (Å²) < 4.78 is 31.8.